The van der Waals surface area contributed by atoms with Gasteiger partial charge in [-0.05, 0) is 38.2 Å². The Morgan fingerprint density at radius 3 is 2.53 bits per heavy atom. The van der Waals surface area contributed by atoms with Crippen LogP contribution in [0.5, 0.6) is 0 Å². The van der Waals surface area contributed by atoms with Crippen LogP contribution in [0.4, 0.5) is 0 Å². The SMILES string of the molecule is CC1CCN(C(=O)C(C)(N)c2ccccc2)C(C)C1. The Kier molecular flexibility index (Phi) is 3.95. The Morgan fingerprint density at radius 1 is 1.32 bits per heavy atom. The number of benzene rings is 1. The molecule has 1 amide bonds. The predicted octanol–water partition coefficient (Wildman–Crippen LogP) is 2.51. The van der Waals surface area contributed by atoms with Gasteiger partial charge in [-0.3, -0.25) is 4.79 Å². The first-order valence-electron chi connectivity index (χ1n) is 7.08. The number of hydrogen-bond donors (Lipinski definition) is 1. The average molecular weight is 260 g/mol. The summed E-state index contributed by atoms with van der Waals surface area (Å²) < 4.78 is 0. The molecular weight excluding hydrogens is 236 g/mol. The topological polar surface area (TPSA) is 46.3 Å². The molecule has 3 atom stereocenters. The summed E-state index contributed by atoms with van der Waals surface area (Å²) in [5, 5.41) is 0. The number of hydrogen-bond acceptors (Lipinski definition) is 2. The summed E-state index contributed by atoms with van der Waals surface area (Å²) >= 11 is 0. The third kappa shape index (κ3) is 2.81. The van der Waals surface area contributed by atoms with Crippen molar-refractivity contribution in [1.29, 1.82) is 0 Å². The van der Waals surface area contributed by atoms with Gasteiger partial charge in [-0.25, -0.2) is 0 Å². The molecule has 2 N–H and O–H groups in total. The molecule has 1 aliphatic heterocycles. The number of nitrogens with zero attached hydrogens (tertiary/aromatic N) is 1. The van der Waals surface area contributed by atoms with Crippen molar-refractivity contribution in [1.82, 2.24) is 4.90 Å². The second-order valence-electron chi connectivity index (χ2n) is 6.05. The molecule has 1 aromatic carbocycles. The van der Waals surface area contributed by atoms with Gasteiger partial charge in [0.15, 0.2) is 0 Å². The van der Waals surface area contributed by atoms with Crippen molar-refractivity contribution in [2.24, 2.45) is 11.7 Å². The minimum Gasteiger partial charge on any atom is -0.338 e. The fraction of sp³-hybridized carbons (Fsp3) is 0.562. The number of carbonyl (C=O) groups is 1. The third-order valence-corrected chi connectivity index (χ3v) is 4.22. The summed E-state index contributed by atoms with van der Waals surface area (Å²) in [7, 11) is 0. The molecule has 1 fully saturated rings. The van der Waals surface area contributed by atoms with E-state index in [1.807, 2.05) is 42.2 Å². The zero-order valence-corrected chi connectivity index (χ0v) is 12.1. The number of nitrogens with two attached hydrogens (primary N) is 1. The fourth-order valence-corrected chi connectivity index (χ4v) is 2.92. The van der Waals surface area contributed by atoms with E-state index in [-0.39, 0.29) is 11.9 Å². The van der Waals surface area contributed by atoms with Gasteiger partial charge in [0, 0.05) is 12.6 Å². The highest BCUT2D eigenvalue weighted by Crippen LogP contribution is 2.27. The van der Waals surface area contributed by atoms with Crippen LogP contribution in [0.25, 0.3) is 0 Å². The molecule has 1 aliphatic rings. The van der Waals surface area contributed by atoms with Gasteiger partial charge in [-0.1, -0.05) is 37.3 Å². The molecule has 0 spiro atoms. The fourth-order valence-electron chi connectivity index (χ4n) is 2.92. The van der Waals surface area contributed by atoms with Crippen LogP contribution in [0.2, 0.25) is 0 Å². The summed E-state index contributed by atoms with van der Waals surface area (Å²) in [5.74, 6) is 0.734. The van der Waals surface area contributed by atoms with Gasteiger partial charge in [-0.2, -0.15) is 0 Å². The second kappa shape index (κ2) is 5.33. The molecule has 3 unspecified atom stereocenters. The van der Waals surface area contributed by atoms with Gasteiger partial charge < -0.3 is 10.6 Å². The lowest BCUT2D eigenvalue weighted by atomic mass is 9.87. The molecule has 1 aromatic rings. The van der Waals surface area contributed by atoms with E-state index in [9.17, 15) is 4.79 Å². The van der Waals surface area contributed by atoms with Gasteiger partial charge in [0.05, 0.1) is 0 Å². The Labute approximate surface area is 115 Å². The first-order valence-corrected chi connectivity index (χ1v) is 7.08. The van der Waals surface area contributed by atoms with Gasteiger partial charge in [0.2, 0.25) is 5.91 Å². The predicted molar refractivity (Wildman–Crippen MR) is 77.6 cm³/mol. The minimum atomic E-state index is -0.934. The van der Waals surface area contributed by atoms with Crippen LogP contribution in [-0.2, 0) is 10.3 Å². The molecule has 0 bridgehead atoms. The Bertz CT molecular complexity index is 441. The Balaban J connectivity index is 2.19. The summed E-state index contributed by atoms with van der Waals surface area (Å²) in [5.41, 5.74) is 6.26. The van der Waals surface area contributed by atoms with Crippen molar-refractivity contribution in [3.8, 4) is 0 Å². The van der Waals surface area contributed by atoms with Crippen molar-refractivity contribution in [2.75, 3.05) is 6.54 Å². The number of piperidine rings is 1. The van der Waals surface area contributed by atoms with Gasteiger partial charge in [0.25, 0.3) is 0 Å². The molecular formula is C16H24N2O. The summed E-state index contributed by atoms with van der Waals surface area (Å²) in [6.07, 6.45) is 2.14. The highest BCUT2D eigenvalue weighted by Gasteiger charge is 2.37. The smallest absolute Gasteiger partial charge is 0.247 e. The first-order chi connectivity index (χ1) is 8.93. The van der Waals surface area contributed by atoms with E-state index in [1.165, 1.54) is 0 Å². The lowest BCUT2D eigenvalue weighted by molar-refractivity contribution is -0.140. The standard InChI is InChI=1S/C16H24N2O/c1-12-9-10-18(13(2)11-12)15(19)16(3,17)14-7-5-4-6-8-14/h4-8,12-13H,9-11,17H2,1-3H3. The quantitative estimate of drug-likeness (QED) is 0.888. The first kappa shape index (κ1) is 14.1. The summed E-state index contributed by atoms with van der Waals surface area (Å²) in [6, 6.07) is 9.92. The van der Waals surface area contributed by atoms with Gasteiger partial charge in [0.1, 0.15) is 5.54 Å². The van der Waals surface area contributed by atoms with Gasteiger partial charge in [-0.15, -0.1) is 0 Å². The number of amides is 1. The van der Waals surface area contributed by atoms with E-state index in [0.29, 0.717) is 5.92 Å². The summed E-state index contributed by atoms with van der Waals surface area (Å²) in [6.45, 7) is 7.00. The Morgan fingerprint density at radius 2 is 1.95 bits per heavy atom. The van der Waals surface area contributed by atoms with Gasteiger partial charge >= 0.3 is 0 Å². The van der Waals surface area contributed by atoms with Crippen LogP contribution in [0, 0.1) is 5.92 Å². The van der Waals surface area contributed by atoms with E-state index in [0.717, 1.165) is 24.9 Å². The molecule has 3 nitrogen and oxygen atoms in total. The molecule has 19 heavy (non-hydrogen) atoms. The average Bonchev–Trinajstić information content (AvgIpc) is 2.39. The van der Waals surface area contributed by atoms with Crippen LogP contribution in [0.1, 0.15) is 39.2 Å². The van der Waals surface area contributed by atoms with Crippen LogP contribution in [-0.4, -0.2) is 23.4 Å². The van der Waals surface area contributed by atoms with Crippen LogP contribution >= 0.6 is 0 Å². The molecule has 0 saturated carbocycles. The molecule has 0 radical (unpaired) electrons. The second-order valence-corrected chi connectivity index (χ2v) is 6.05. The number of carbonyl (C=O) groups excluding carboxylic acids is 1. The molecule has 0 aliphatic carbocycles. The molecule has 1 saturated heterocycles. The van der Waals surface area contributed by atoms with Crippen molar-refractivity contribution < 1.29 is 4.79 Å². The van der Waals surface area contributed by atoms with E-state index < -0.39 is 5.54 Å². The maximum Gasteiger partial charge on any atom is 0.247 e. The van der Waals surface area contributed by atoms with E-state index in [1.54, 1.807) is 0 Å². The largest absolute Gasteiger partial charge is 0.338 e. The van der Waals surface area contributed by atoms with Crippen molar-refractivity contribution in [2.45, 2.75) is 45.2 Å². The highest BCUT2D eigenvalue weighted by molar-refractivity contribution is 5.87. The molecule has 3 heteroatoms. The zero-order valence-electron chi connectivity index (χ0n) is 12.1. The number of likely N-dealkylation sites (tertiary alicyclic amines) is 1. The molecule has 0 aromatic heterocycles. The normalized spacial score (nSPS) is 26.8. The lowest BCUT2D eigenvalue weighted by Crippen LogP contribution is -2.55. The van der Waals surface area contributed by atoms with E-state index in [2.05, 4.69) is 13.8 Å². The molecule has 1 heterocycles. The third-order valence-electron chi connectivity index (χ3n) is 4.22. The van der Waals surface area contributed by atoms with E-state index >= 15 is 0 Å². The Hall–Kier alpha value is -1.35. The summed E-state index contributed by atoms with van der Waals surface area (Å²) in [4.78, 5) is 14.7. The highest BCUT2D eigenvalue weighted by atomic mass is 16.2. The van der Waals surface area contributed by atoms with Crippen LogP contribution in [0.3, 0.4) is 0 Å². The van der Waals surface area contributed by atoms with Crippen molar-refractivity contribution in [3.05, 3.63) is 35.9 Å². The van der Waals surface area contributed by atoms with Crippen LogP contribution in [0.15, 0.2) is 30.3 Å². The molecule has 2 rings (SSSR count). The van der Waals surface area contributed by atoms with Crippen molar-refractivity contribution in [3.63, 3.8) is 0 Å². The van der Waals surface area contributed by atoms with Crippen molar-refractivity contribution >= 4 is 5.91 Å². The lowest BCUT2D eigenvalue weighted by Gasteiger charge is -2.40. The molecule has 104 valence electrons. The van der Waals surface area contributed by atoms with E-state index in [4.69, 9.17) is 5.73 Å². The van der Waals surface area contributed by atoms with Crippen LogP contribution < -0.4 is 5.73 Å². The monoisotopic (exact) mass is 260 g/mol. The zero-order chi connectivity index (χ0) is 14.0. The number of rotatable bonds is 2. The maximum atomic E-state index is 12.7. The maximum absolute atomic E-state index is 12.7. The minimum absolute atomic E-state index is 0.0399.